The molecule has 1 fully saturated rings. The fourth-order valence-electron chi connectivity index (χ4n) is 5.30. The van der Waals surface area contributed by atoms with E-state index in [1.807, 2.05) is 19.1 Å². The highest BCUT2D eigenvalue weighted by molar-refractivity contribution is 5.72. The van der Waals surface area contributed by atoms with Gasteiger partial charge in [-0.3, -0.25) is 9.69 Å². The normalized spacial score (nSPS) is 17.5. The number of hydrogen-bond donors (Lipinski definition) is 2. The lowest BCUT2D eigenvalue weighted by atomic mass is 10.00. The molecule has 1 heterocycles. The predicted octanol–water partition coefficient (Wildman–Crippen LogP) is -3.65. The van der Waals surface area contributed by atoms with Crippen molar-refractivity contribution in [1.82, 2.24) is 0 Å². The van der Waals surface area contributed by atoms with Gasteiger partial charge in [-0.05, 0) is 18.9 Å². The molecule has 2 aromatic rings. The van der Waals surface area contributed by atoms with Crippen LogP contribution in [0.5, 0.6) is 28.7 Å². The molecule has 42 heavy (non-hydrogen) atoms. The third-order valence-electron chi connectivity index (χ3n) is 7.65. The van der Waals surface area contributed by atoms with Gasteiger partial charge in [-0.25, -0.2) is 0 Å². The molecule has 0 spiro atoms. The molecule has 0 bridgehead atoms. The molecule has 9 nitrogen and oxygen atoms in total. The van der Waals surface area contributed by atoms with E-state index in [1.54, 1.807) is 40.6 Å². The van der Waals surface area contributed by atoms with Crippen molar-refractivity contribution in [2.45, 2.75) is 45.6 Å². The molecular weight excluding hydrogens is 583 g/mol. The number of carbonyl (C=O) groups is 1. The zero-order valence-electron chi connectivity index (χ0n) is 25.8. The maximum Gasteiger partial charge on any atom is 0.309 e. The minimum absolute atomic E-state index is 0. The minimum atomic E-state index is -0.384. The van der Waals surface area contributed by atoms with E-state index in [1.165, 1.54) is 15.5 Å². The van der Waals surface area contributed by atoms with Crippen molar-refractivity contribution in [3.05, 3.63) is 36.4 Å². The van der Waals surface area contributed by atoms with Crippen LogP contribution in [0, 0.1) is 5.92 Å². The number of carbonyl (C=O) groups excluding carboxylic acids is 1. The first kappa shape index (κ1) is 37.4. The van der Waals surface area contributed by atoms with Crippen LogP contribution < -0.4 is 58.3 Å². The maximum absolute atomic E-state index is 13.2. The molecule has 11 heteroatoms. The van der Waals surface area contributed by atoms with Crippen LogP contribution in [-0.2, 0) is 9.53 Å². The molecular formula is C31H48Cl2N2O7. The quantitative estimate of drug-likeness (QED) is 0.185. The Labute approximate surface area is 263 Å². The number of hydrogen-bond acceptors (Lipinski definition) is 7. The lowest BCUT2D eigenvalue weighted by Gasteiger charge is -2.32. The van der Waals surface area contributed by atoms with E-state index in [9.17, 15) is 4.79 Å². The molecule has 0 radical (unpaired) electrons. The summed E-state index contributed by atoms with van der Waals surface area (Å²) in [7, 11) is 6.43. The van der Waals surface area contributed by atoms with Crippen molar-refractivity contribution in [1.29, 1.82) is 0 Å². The van der Waals surface area contributed by atoms with E-state index >= 15 is 0 Å². The molecule has 1 saturated heterocycles. The molecule has 1 aliphatic rings. The van der Waals surface area contributed by atoms with E-state index < -0.39 is 0 Å². The van der Waals surface area contributed by atoms with Gasteiger partial charge in [0.2, 0.25) is 5.75 Å². The summed E-state index contributed by atoms with van der Waals surface area (Å²) in [6.07, 6.45) is 3.30. The second kappa shape index (κ2) is 19.6. The van der Waals surface area contributed by atoms with Gasteiger partial charge in [0.15, 0.2) is 29.0 Å². The van der Waals surface area contributed by atoms with Gasteiger partial charge in [-0.2, -0.15) is 0 Å². The summed E-state index contributed by atoms with van der Waals surface area (Å²) in [6.45, 7) is 8.96. The first-order valence-corrected chi connectivity index (χ1v) is 14.4. The van der Waals surface area contributed by atoms with Gasteiger partial charge in [0.1, 0.15) is 45.1 Å². The molecule has 2 aromatic carbocycles. The molecule has 2 N–H and O–H groups in total. The number of halogens is 2. The summed E-state index contributed by atoms with van der Waals surface area (Å²) in [5.74, 6) is 2.78. The average molecular weight is 632 g/mol. The number of rotatable bonds is 16. The van der Waals surface area contributed by atoms with E-state index in [0.717, 1.165) is 57.6 Å². The lowest BCUT2D eigenvalue weighted by molar-refractivity contribution is -0.987. The Hall–Kier alpha value is -2.59. The largest absolute Gasteiger partial charge is 1.00 e. The number of nitrogens with one attached hydrogen (secondary N) is 2. The number of para-hydroxylation sites is 2. The number of unbranched alkanes of at least 4 members (excludes halogenated alkanes) is 1. The van der Waals surface area contributed by atoms with Crippen LogP contribution >= 0.6 is 0 Å². The number of piperazine rings is 1. The molecule has 0 amide bonds. The van der Waals surface area contributed by atoms with Crippen LogP contribution in [0.15, 0.2) is 36.4 Å². The highest BCUT2D eigenvalue weighted by Crippen LogP contribution is 2.40. The Morgan fingerprint density at radius 3 is 2.02 bits per heavy atom. The minimum Gasteiger partial charge on any atom is -1.00 e. The third-order valence-corrected chi connectivity index (χ3v) is 7.65. The van der Waals surface area contributed by atoms with Crippen molar-refractivity contribution < 1.29 is 67.8 Å². The highest BCUT2D eigenvalue weighted by atomic mass is 35.5. The van der Waals surface area contributed by atoms with E-state index in [4.69, 9.17) is 28.4 Å². The number of quaternary nitrogens is 2. The summed E-state index contributed by atoms with van der Waals surface area (Å²) in [6, 6.07) is 11.7. The molecule has 0 saturated carbocycles. The zero-order chi connectivity index (χ0) is 28.9. The Morgan fingerprint density at radius 1 is 0.857 bits per heavy atom. The number of benzene rings is 2. The van der Waals surface area contributed by atoms with Gasteiger partial charge in [0.05, 0.1) is 34.4 Å². The van der Waals surface area contributed by atoms with Crippen LogP contribution in [0.25, 0.3) is 0 Å². The van der Waals surface area contributed by atoms with Crippen molar-refractivity contribution in [3.8, 4) is 28.7 Å². The van der Waals surface area contributed by atoms with Gasteiger partial charge in [0.25, 0.3) is 0 Å². The van der Waals surface area contributed by atoms with E-state index in [2.05, 4.69) is 19.1 Å². The smallest absolute Gasteiger partial charge is 0.309 e. The summed E-state index contributed by atoms with van der Waals surface area (Å²) in [4.78, 5) is 16.0. The summed E-state index contributed by atoms with van der Waals surface area (Å²) < 4.78 is 34.3. The second-order valence-corrected chi connectivity index (χ2v) is 10.2. The van der Waals surface area contributed by atoms with E-state index in [-0.39, 0.29) is 49.4 Å². The van der Waals surface area contributed by atoms with E-state index in [0.29, 0.717) is 29.5 Å². The lowest BCUT2D eigenvalue weighted by Crippen LogP contribution is -3.26. The Bertz CT molecular complexity index is 1040. The fourth-order valence-corrected chi connectivity index (χ4v) is 5.30. The Balaban J connectivity index is 0.00000441. The highest BCUT2D eigenvalue weighted by Gasteiger charge is 2.31. The van der Waals surface area contributed by atoms with Gasteiger partial charge in [0, 0.05) is 18.2 Å². The molecule has 3 rings (SSSR count). The average Bonchev–Trinajstić information content (AvgIpc) is 2.99. The molecule has 0 aliphatic carbocycles. The van der Waals surface area contributed by atoms with Crippen molar-refractivity contribution in [2.75, 3.05) is 67.8 Å². The molecule has 0 aromatic heterocycles. The molecule has 1 aliphatic heterocycles. The van der Waals surface area contributed by atoms with Gasteiger partial charge >= 0.3 is 5.97 Å². The Morgan fingerprint density at radius 2 is 1.48 bits per heavy atom. The van der Waals surface area contributed by atoms with Gasteiger partial charge in [-0.15, -0.1) is 0 Å². The van der Waals surface area contributed by atoms with Crippen LogP contribution in [0.3, 0.4) is 0 Å². The first-order chi connectivity index (χ1) is 19.5. The van der Waals surface area contributed by atoms with Crippen molar-refractivity contribution >= 4 is 11.7 Å². The monoisotopic (exact) mass is 630 g/mol. The SMILES string of the molecule is CCCCC(CC)C(=O)OC(COc1cc(OC)c(OC)c(OC)c1)C[NH+]1CC[NH+](c2ccccc2OC)CC1.[Cl-].[Cl-]. The summed E-state index contributed by atoms with van der Waals surface area (Å²) >= 11 is 0. The number of esters is 1. The van der Waals surface area contributed by atoms with Crippen LogP contribution in [0.1, 0.15) is 39.5 Å². The zero-order valence-corrected chi connectivity index (χ0v) is 27.3. The molecule has 2 unspecified atom stereocenters. The summed E-state index contributed by atoms with van der Waals surface area (Å²) in [5, 5.41) is 0. The summed E-state index contributed by atoms with van der Waals surface area (Å²) in [5.41, 5.74) is 1.19. The molecule has 2 atom stereocenters. The fraction of sp³-hybridized carbons (Fsp3) is 0.581. The standard InChI is InChI=1S/C31H46N2O7.2ClH/c1-7-9-12-23(8-2)31(34)40-25(22-39-24-19-28(36-4)30(38-6)29(20-24)37-5)21-32-15-17-33(18-16-32)26-13-10-11-14-27(26)35-3;;/h10-11,13-14,19-20,23,25H,7-9,12,15-18,21-22H2,1-6H3;2*1H. The Kier molecular flexibility index (Phi) is 17.4. The third kappa shape index (κ3) is 10.3. The number of ether oxygens (including phenoxy) is 6. The van der Waals surface area contributed by atoms with Crippen LogP contribution in [0.4, 0.5) is 5.69 Å². The first-order valence-electron chi connectivity index (χ1n) is 14.4. The van der Waals surface area contributed by atoms with Crippen LogP contribution in [0.2, 0.25) is 0 Å². The predicted molar refractivity (Wildman–Crippen MR) is 154 cm³/mol. The van der Waals surface area contributed by atoms with Crippen molar-refractivity contribution in [2.24, 2.45) is 5.92 Å². The van der Waals surface area contributed by atoms with Crippen LogP contribution in [-0.4, -0.2) is 79.8 Å². The topological polar surface area (TPSA) is 81.3 Å². The second-order valence-electron chi connectivity index (χ2n) is 10.2. The van der Waals surface area contributed by atoms with Gasteiger partial charge in [-0.1, -0.05) is 38.8 Å². The maximum atomic E-state index is 13.2. The number of methoxy groups -OCH3 is 4. The molecule has 238 valence electrons. The van der Waals surface area contributed by atoms with Crippen molar-refractivity contribution in [3.63, 3.8) is 0 Å². The van der Waals surface area contributed by atoms with Gasteiger partial charge < -0.3 is 58.1 Å².